The minimum absolute atomic E-state index is 0. The van der Waals surface area contributed by atoms with Crippen LogP contribution >= 0.6 is 12.4 Å². The van der Waals surface area contributed by atoms with Crippen molar-refractivity contribution in [3.8, 4) is 0 Å². The minimum Gasteiger partial charge on any atom is -0.379 e. The lowest BCUT2D eigenvalue weighted by atomic mass is 10.2. The van der Waals surface area contributed by atoms with Crippen molar-refractivity contribution in [1.29, 1.82) is 0 Å². The minimum atomic E-state index is -0.382. The molecule has 1 amide bonds. The standard InChI is InChI=1S/C14H28N2O3.ClH/c1-4-8-16(13-6-7-15-11-13)14(17)12(3)19-10-9-18-5-2;/h12-13,15H,4-11H2,1-3H3;1H. The zero-order chi connectivity index (χ0) is 14.1. The summed E-state index contributed by atoms with van der Waals surface area (Å²) < 4.78 is 10.8. The van der Waals surface area contributed by atoms with Gasteiger partial charge in [0.1, 0.15) is 6.10 Å². The third-order valence-corrected chi connectivity index (χ3v) is 3.37. The summed E-state index contributed by atoms with van der Waals surface area (Å²) >= 11 is 0. The number of halogens is 1. The number of ether oxygens (including phenoxy) is 2. The fraction of sp³-hybridized carbons (Fsp3) is 0.929. The third-order valence-electron chi connectivity index (χ3n) is 3.37. The lowest BCUT2D eigenvalue weighted by molar-refractivity contribution is -0.145. The molecule has 1 aliphatic heterocycles. The zero-order valence-electron chi connectivity index (χ0n) is 12.9. The van der Waals surface area contributed by atoms with Gasteiger partial charge in [0.05, 0.1) is 13.2 Å². The van der Waals surface area contributed by atoms with Crippen LogP contribution in [0.15, 0.2) is 0 Å². The molecule has 120 valence electrons. The average molecular weight is 309 g/mol. The van der Waals surface area contributed by atoms with Crippen LogP contribution in [0.25, 0.3) is 0 Å². The molecule has 6 heteroatoms. The molecule has 1 aliphatic rings. The highest BCUT2D eigenvalue weighted by Gasteiger charge is 2.29. The Kier molecular flexibility index (Phi) is 11.1. The number of amides is 1. The van der Waals surface area contributed by atoms with Crippen molar-refractivity contribution in [2.45, 2.75) is 45.8 Å². The zero-order valence-corrected chi connectivity index (χ0v) is 13.7. The molecule has 5 nitrogen and oxygen atoms in total. The van der Waals surface area contributed by atoms with Crippen LogP contribution < -0.4 is 5.32 Å². The van der Waals surface area contributed by atoms with Gasteiger partial charge in [0, 0.05) is 25.7 Å². The summed E-state index contributed by atoms with van der Waals surface area (Å²) in [7, 11) is 0. The predicted molar refractivity (Wildman–Crippen MR) is 82.4 cm³/mol. The molecular formula is C14H29ClN2O3. The van der Waals surface area contributed by atoms with Gasteiger partial charge in [0.15, 0.2) is 0 Å². The van der Waals surface area contributed by atoms with Gasteiger partial charge in [-0.3, -0.25) is 4.79 Å². The maximum atomic E-state index is 12.4. The van der Waals surface area contributed by atoms with Crippen LogP contribution in [-0.4, -0.2) is 62.4 Å². The van der Waals surface area contributed by atoms with E-state index >= 15 is 0 Å². The number of carbonyl (C=O) groups is 1. The van der Waals surface area contributed by atoms with Gasteiger partial charge >= 0.3 is 0 Å². The molecule has 0 aromatic rings. The molecule has 2 atom stereocenters. The summed E-state index contributed by atoms with van der Waals surface area (Å²) in [5.41, 5.74) is 0. The maximum Gasteiger partial charge on any atom is 0.251 e. The van der Waals surface area contributed by atoms with E-state index in [-0.39, 0.29) is 24.4 Å². The first-order valence-corrected chi connectivity index (χ1v) is 7.41. The van der Waals surface area contributed by atoms with Crippen molar-refractivity contribution in [3.05, 3.63) is 0 Å². The van der Waals surface area contributed by atoms with Crippen LogP contribution in [0.1, 0.15) is 33.6 Å². The lowest BCUT2D eigenvalue weighted by Crippen LogP contribution is -2.47. The number of nitrogens with one attached hydrogen (secondary N) is 1. The molecule has 0 aromatic heterocycles. The van der Waals surface area contributed by atoms with Gasteiger partial charge in [0.25, 0.3) is 5.91 Å². The van der Waals surface area contributed by atoms with Crippen molar-refractivity contribution in [2.24, 2.45) is 0 Å². The van der Waals surface area contributed by atoms with Crippen molar-refractivity contribution < 1.29 is 14.3 Å². The van der Waals surface area contributed by atoms with Crippen LogP contribution in [0.5, 0.6) is 0 Å². The molecule has 1 rings (SSSR count). The summed E-state index contributed by atoms with van der Waals surface area (Å²) in [6, 6.07) is 0.324. The largest absolute Gasteiger partial charge is 0.379 e. The highest BCUT2D eigenvalue weighted by Crippen LogP contribution is 2.12. The van der Waals surface area contributed by atoms with Crippen molar-refractivity contribution >= 4 is 18.3 Å². The summed E-state index contributed by atoms with van der Waals surface area (Å²) in [6.45, 7) is 10.3. The van der Waals surface area contributed by atoms with Gasteiger partial charge in [-0.05, 0) is 33.2 Å². The van der Waals surface area contributed by atoms with E-state index in [2.05, 4.69) is 12.2 Å². The van der Waals surface area contributed by atoms with E-state index in [4.69, 9.17) is 9.47 Å². The number of nitrogens with zero attached hydrogens (tertiary/aromatic N) is 1. The second kappa shape index (κ2) is 11.3. The number of carbonyl (C=O) groups excluding carboxylic acids is 1. The molecule has 0 radical (unpaired) electrons. The first-order valence-electron chi connectivity index (χ1n) is 7.41. The lowest BCUT2D eigenvalue weighted by Gasteiger charge is -2.30. The first kappa shape index (κ1) is 19.6. The summed E-state index contributed by atoms with van der Waals surface area (Å²) in [6.07, 6.45) is 1.64. The van der Waals surface area contributed by atoms with E-state index < -0.39 is 0 Å². The SMILES string of the molecule is CCCN(C(=O)C(C)OCCOCC)C1CCNC1.Cl. The van der Waals surface area contributed by atoms with Crippen LogP contribution in [-0.2, 0) is 14.3 Å². The van der Waals surface area contributed by atoms with E-state index in [0.717, 1.165) is 32.5 Å². The van der Waals surface area contributed by atoms with Gasteiger partial charge in [-0.1, -0.05) is 6.92 Å². The molecule has 1 fully saturated rings. The number of hydrogen-bond acceptors (Lipinski definition) is 4. The maximum absolute atomic E-state index is 12.4. The second-order valence-corrected chi connectivity index (χ2v) is 4.89. The second-order valence-electron chi connectivity index (χ2n) is 4.89. The summed E-state index contributed by atoms with van der Waals surface area (Å²) in [5, 5.41) is 3.31. The third kappa shape index (κ3) is 6.39. The summed E-state index contributed by atoms with van der Waals surface area (Å²) in [5.74, 6) is 0.104. The Hall–Kier alpha value is -0.360. The molecule has 1 saturated heterocycles. The molecule has 1 heterocycles. The van der Waals surface area contributed by atoms with E-state index in [1.165, 1.54) is 0 Å². The number of hydrogen-bond donors (Lipinski definition) is 1. The molecular weight excluding hydrogens is 280 g/mol. The molecule has 20 heavy (non-hydrogen) atoms. The highest BCUT2D eigenvalue weighted by molar-refractivity contribution is 5.85. The molecule has 0 spiro atoms. The van der Waals surface area contributed by atoms with Gasteiger partial charge in [-0.2, -0.15) is 0 Å². The molecule has 0 aromatic carbocycles. The van der Waals surface area contributed by atoms with Gasteiger partial charge < -0.3 is 19.7 Å². The predicted octanol–water partition coefficient (Wildman–Crippen LogP) is 1.45. The van der Waals surface area contributed by atoms with Crippen molar-refractivity contribution in [1.82, 2.24) is 10.2 Å². The van der Waals surface area contributed by atoms with Gasteiger partial charge in [-0.15, -0.1) is 12.4 Å². The van der Waals surface area contributed by atoms with Crippen LogP contribution in [0.3, 0.4) is 0 Å². The number of rotatable bonds is 9. The van der Waals surface area contributed by atoms with E-state index in [0.29, 0.717) is 25.9 Å². The smallest absolute Gasteiger partial charge is 0.251 e. The monoisotopic (exact) mass is 308 g/mol. The first-order chi connectivity index (χ1) is 9.20. The van der Waals surface area contributed by atoms with Crippen molar-refractivity contribution in [3.63, 3.8) is 0 Å². The quantitative estimate of drug-likeness (QED) is 0.655. The highest BCUT2D eigenvalue weighted by atomic mass is 35.5. The molecule has 0 saturated carbocycles. The Labute approximate surface area is 128 Å². The Morgan fingerprint density at radius 2 is 2.15 bits per heavy atom. The van der Waals surface area contributed by atoms with E-state index in [1.54, 1.807) is 0 Å². The fourth-order valence-electron chi connectivity index (χ4n) is 2.35. The average Bonchev–Trinajstić information content (AvgIpc) is 2.93. The normalized spacial score (nSPS) is 19.4. The van der Waals surface area contributed by atoms with Crippen LogP contribution in [0.4, 0.5) is 0 Å². The fourth-order valence-corrected chi connectivity index (χ4v) is 2.35. The molecule has 2 unspecified atom stereocenters. The van der Waals surface area contributed by atoms with E-state index in [9.17, 15) is 4.79 Å². The molecule has 1 N–H and O–H groups in total. The van der Waals surface area contributed by atoms with Crippen molar-refractivity contribution in [2.75, 3.05) is 39.5 Å². The summed E-state index contributed by atoms with van der Waals surface area (Å²) in [4.78, 5) is 14.4. The Morgan fingerprint density at radius 3 is 2.70 bits per heavy atom. The van der Waals surface area contributed by atoms with Crippen LogP contribution in [0.2, 0.25) is 0 Å². The van der Waals surface area contributed by atoms with Gasteiger partial charge in [0.2, 0.25) is 0 Å². The van der Waals surface area contributed by atoms with Gasteiger partial charge in [-0.25, -0.2) is 0 Å². The Bertz CT molecular complexity index is 261. The Balaban J connectivity index is 0.00000361. The Morgan fingerprint density at radius 1 is 1.40 bits per heavy atom. The van der Waals surface area contributed by atoms with E-state index in [1.807, 2.05) is 18.7 Å². The molecule has 0 aliphatic carbocycles. The van der Waals surface area contributed by atoms with Crippen LogP contribution in [0, 0.1) is 0 Å². The topological polar surface area (TPSA) is 50.8 Å². The molecule has 0 bridgehead atoms.